The highest BCUT2D eigenvalue weighted by molar-refractivity contribution is 5.95. The van der Waals surface area contributed by atoms with E-state index in [4.69, 9.17) is 0 Å². The fourth-order valence-corrected chi connectivity index (χ4v) is 2.88. The van der Waals surface area contributed by atoms with E-state index in [-0.39, 0.29) is 0 Å². The van der Waals surface area contributed by atoms with Gasteiger partial charge < -0.3 is 5.32 Å². The zero-order valence-electron chi connectivity index (χ0n) is 12.7. The molecule has 0 radical (unpaired) electrons. The first-order chi connectivity index (χ1) is 11.4. The standard InChI is InChI=1S/C22H17N/c1-3-9-17(10-4-1)21-15-18-11-7-8-12-19(18)16-22(21)23-20-13-5-2-6-14-20/h1-16,23H. The number of nitrogens with one attached hydrogen (secondary N) is 1. The Balaban J connectivity index is 1.89. The molecule has 0 fully saturated rings. The summed E-state index contributed by atoms with van der Waals surface area (Å²) in [6.45, 7) is 0. The number of anilines is 2. The third-order valence-electron chi connectivity index (χ3n) is 4.02. The molecule has 1 nitrogen and oxygen atoms in total. The van der Waals surface area contributed by atoms with Crippen LogP contribution in [0.3, 0.4) is 0 Å². The van der Waals surface area contributed by atoms with E-state index in [1.807, 2.05) is 18.2 Å². The van der Waals surface area contributed by atoms with E-state index in [0.29, 0.717) is 0 Å². The van der Waals surface area contributed by atoms with Crippen LogP contribution in [0.1, 0.15) is 0 Å². The van der Waals surface area contributed by atoms with E-state index in [9.17, 15) is 0 Å². The zero-order valence-corrected chi connectivity index (χ0v) is 12.7. The fraction of sp³-hybridized carbons (Fsp3) is 0. The maximum Gasteiger partial charge on any atom is 0.0470 e. The molecule has 1 heteroatoms. The van der Waals surface area contributed by atoms with Crippen LogP contribution in [0.5, 0.6) is 0 Å². The second-order valence-electron chi connectivity index (χ2n) is 5.60. The van der Waals surface area contributed by atoms with Gasteiger partial charge in [-0.3, -0.25) is 0 Å². The average Bonchev–Trinajstić information content (AvgIpc) is 2.63. The molecule has 0 saturated carbocycles. The van der Waals surface area contributed by atoms with E-state index in [1.54, 1.807) is 0 Å². The molecular weight excluding hydrogens is 278 g/mol. The van der Waals surface area contributed by atoms with Crippen LogP contribution >= 0.6 is 0 Å². The van der Waals surface area contributed by atoms with Crippen molar-refractivity contribution in [3.63, 3.8) is 0 Å². The number of fused-ring (bicyclic) bond motifs is 1. The highest BCUT2D eigenvalue weighted by Gasteiger charge is 2.07. The van der Waals surface area contributed by atoms with Crippen molar-refractivity contribution in [2.45, 2.75) is 0 Å². The predicted octanol–water partition coefficient (Wildman–Crippen LogP) is 6.25. The summed E-state index contributed by atoms with van der Waals surface area (Å²) in [5.74, 6) is 0. The summed E-state index contributed by atoms with van der Waals surface area (Å²) in [4.78, 5) is 0. The number of benzene rings is 4. The van der Waals surface area contributed by atoms with Gasteiger partial charge in [-0.1, -0.05) is 72.8 Å². The Labute approximate surface area is 136 Å². The largest absolute Gasteiger partial charge is 0.355 e. The molecule has 0 spiro atoms. The third kappa shape index (κ3) is 2.82. The van der Waals surface area contributed by atoms with Crippen molar-refractivity contribution >= 4 is 22.1 Å². The SMILES string of the molecule is c1ccc(Nc2cc3ccccc3cc2-c2ccccc2)cc1. The van der Waals surface area contributed by atoms with Gasteiger partial charge >= 0.3 is 0 Å². The highest BCUT2D eigenvalue weighted by atomic mass is 14.9. The zero-order chi connectivity index (χ0) is 15.5. The molecule has 0 bridgehead atoms. The van der Waals surface area contributed by atoms with Gasteiger partial charge in [-0.05, 0) is 40.6 Å². The lowest BCUT2D eigenvalue weighted by Crippen LogP contribution is -1.93. The van der Waals surface area contributed by atoms with Crippen LogP contribution in [0.2, 0.25) is 0 Å². The summed E-state index contributed by atoms with van der Waals surface area (Å²) in [6.07, 6.45) is 0. The van der Waals surface area contributed by atoms with Crippen molar-refractivity contribution in [2.75, 3.05) is 5.32 Å². The maximum absolute atomic E-state index is 3.56. The minimum Gasteiger partial charge on any atom is -0.355 e. The Morgan fingerprint density at radius 2 is 1.09 bits per heavy atom. The van der Waals surface area contributed by atoms with Crippen LogP contribution in [-0.2, 0) is 0 Å². The summed E-state index contributed by atoms with van der Waals surface area (Å²) in [7, 11) is 0. The van der Waals surface area contributed by atoms with Gasteiger partial charge in [0.15, 0.2) is 0 Å². The number of hydrogen-bond acceptors (Lipinski definition) is 1. The summed E-state index contributed by atoms with van der Waals surface area (Å²) < 4.78 is 0. The molecule has 0 atom stereocenters. The normalized spacial score (nSPS) is 10.6. The van der Waals surface area contributed by atoms with Gasteiger partial charge in [-0.25, -0.2) is 0 Å². The molecule has 23 heavy (non-hydrogen) atoms. The van der Waals surface area contributed by atoms with Gasteiger partial charge in [0, 0.05) is 16.9 Å². The van der Waals surface area contributed by atoms with E-state index < -0.39 is 0 Å². The van der Waals surface area contributed by atoms with Crippen LogP contribution in [-0.4, -0.2) is 0 Å². The highest BCUT2D eigenvalue weighted by Crippen LogP contribution is 2.34. The van der Waals surface area contributed by atoms with Crippen LogP contribution in [0.15, 0.2) is 97.1 Å². The second kappa shape index (κ2) is 5.98. The van der Waals surface area contributed by atoms with Gasteiger partial charge in [0.1, 0.15) is 0 Å². The molecule has 0 heterocycles. The summed E-state index contributed by atoms with van der Waals surface area (Å²) in [6, 6.07) is 33.8. The fourth-order valence-electron chi connectivity index (χ4n) is 2.88. The summed E-state index contributed by atoms with van der Waals surface area (Å²) in [5, 5.41) is 6.06. The Hall–Kier alpha value is -3.06. The quantitative estimate of drug-likeness (QED) is 0.471. The molecule has 4 rings (SSSR count). The minimum atomic E-state index is 1.10. The summed E-state index contributed by atoms with van der Waals surface area (Å²) >= 11 is 0. The van der Waals surface area contributed by atoms with Gasteiger partial charge in [0.05, 0.1) is 0 Å². The molecule has 0 saturated heterocycles. The van der Waals surface area contributed by atoms with Crippen molar-refractivity contribution < 1.29 is 0 Å². The molecule has 0 aromatic heterocycles. The monoisotopic (exact) mass is 295 g/mol. The smallest absolute Gasteiger partial charge is 0.0470 e. The first kappa shape index (κ1) is 13.6. The lowest BCUT2D eigenvalue weighted by atomic mass is 9.99. The van der Waals surface area contributed by atoms with Crippen LogP contribution in [0, 0.1) is 0 Å². The predicted molar refractivity (Wildman–Crippen MR) is 99.1 cm³/mol. The van der Waals surface area contributed by atoms with Crippen molar-refractivity contribution in [3.8, 4) is 11.1 Å². The van der Waals surface area contributed by atoms with Crippen LogP contribution < -0.4 is 5.32 Å². The van der Waals surface area contributed by atoms with Crippen molar-refractivity contribution in [3.05, 3.63) is 97.1 Å². The molecule has 4 aromatic carbocycles. The van der Waals surface area contributed by atoms with Gasteiger partial charge in [0.25, 0.3) is 0 Å². The van der Waals surface area contributed by atoms with E-state index in [0.717, 1.165) is 11.4 Å². The topological polar surface area (TPSA) is 12.0 Å². The molecule has 4 aromatic rings. The Bertz CT molecular complexity index is 928. The number of para-hydroxylation sites is 1. The molecule has 0 aliphatic carbocycles. The minimum absolute atomic E-state index is 1.10. The Morgan fingerprint density at radius 1 is 0.522 bits per heavy atom. The van der Waals surface area contributed by atoms with Crippen molar-refractivity contribution in [2.24, 2.45) is 0 Å². The molecule has 110 valence electrons. The first-order valence-corrected chi connectivity index (χ1v) is 7.80. The number of hydrogen-bond donors (Lipinski definition) is 1. The molecule has 0 unspecified atom stereocenters. The Kier molecular flexibility index (Phi) is 3.53. The van der Waals surface area contributed by atoms with Gasteiger partial charge in [0.2, 0.25) is 0 Å². The van der Waals surface area contributed by atoms with Crippen LogP contribution in [0.4, 0.5) is 11.4 Å². The number of rotatable bonds is 3. The lowest BCUT2D eigenvalue weighted by molar-refractivity contribution is 1.55. The maximum atomic E-state index is 3.56. The third-order valence-corrected chi connectivity index (χ3v) is 4.02. The molecule has 1 N–H and O–H groups in total. The Morgan fingerprint density at radius 3 is 1.78 bits per heavy atom. The van der Waals surface area contributed by atoms with Gasteiger partial charge in [-0.2, -0.15) is 0 Å². The molecular formula is C22H17N. The molecule has 0 aliphatic heterocycles. The lowest BCUT2D eigenvalue weighted by Gasteiger charge is -2.14. The van der Waals surface area contributed by atoms with Crippen LogP contribution in [0.25, 0.3) is 21.9 Å². The molecule has 0 amide bonds. The van der Waals surface area contributed by atoms with E-state index in [1.165, 1.54) is 21.9 Å². The van der Waals surface area contributed by atoms with E-state index in [2.05, 4.69) is 84.2 Å². The van der Waals surface area contributed by atoms with Crippen molar-refractivity contribution in [1.29, 1.82) is 0 Å². The van der Waals surface area contributed by atoms with E-state index >= 15 is 0 Å². The second-order valence-corrected chi connectivity index (χ2v) is 5.60. The van der Waals surface area contributed by atoms with Gasteiger partial charge in [-0.15, -0.1) is 0 Å². The first-order valence-electron chi connectivity index (χ1n) is 7.80. The average molecular weight is 295 g/mol. The van der Waals surface area contributed by atoms with Crippen molar-refractivity contribution in [1.82, 2.24) is 0 Å². The molecule has 0 aliphatic rings. The summed E-state index contributed by atoms with van der Waals surface area (Å²) in [5.41, 5.74) is 4.66.